The number of hydrazone groups is 1. The van der Waals surface area contributed by atoms with Crippen LogP contribution in [0, 0.1) is 0 Å². The molecule has 2 heterocycles. The van der Waals surface area contributed by atoms with Crippen molar-refractivity contribution >= 4 is 44.4 Å². The van der Waals surface area contributed by atoms with Crippen molar-refractivity contribution in [3.05, 3.63) is 77.3 Å². The summed E-state index contributed by atoms with van der Waals surface area (Å²) < 4.78 is 1.09. The van der Waals surface area contributed by atoms with Gasteiger partial charge >= 0.3 is 0 Å². The van der Waals surface area contributed by atoms with Gasteiger partial charge in [0.25, 0.3) is 5.91 Å². The monoisotopic (exact) mass is 331 g/mol. The van der Waals surface area contributed by atoms with Crippen LogP contribution in [0.1, 0.15) is 15.2 Å². The topological polar surface area (TPSA) is 54.4 Å². The summed E-state index contributed by atoms with van der Waals surface area (Å²) in [5, 5.41) is 6.16. The van der Waals surface area contributed by atoms with Gasteiger partial charge in [-0.05, 0) is 29.7 Å². The molecule has 1 N–H and O–H groups in total. The lowest BCUT2D eigenvalue weighted by atomic mass is 10.1. The minimum atomic E-state index is -0.203. The van der Waals surface area contributed by atoms with Crippen molar-refractivity contribution < 1.29 is 4.79 Å². The van der Waals surface area contributed by atoms with Crippen molar-refractivity contribution in [2.45, 2.75) is 0 Å². The summed E-state index contributed by atoms with van der Waals surface area (Å²) in [6.45, 7) is 0. The largest absolute Gasteiger partial charge is 0.281 e. The van der Waals surface area contributed by atoms with Gasteiger partial charge in [0.15, 0.2) is 0 Å². The van der Waals surface area contributed by atoms with Gasteiger partial charge in [-0.15, -0.1) is 11.3 Å². The van der Waals surface area contributed by atoms with E-state index >= 15 is 0 Å². The normalized spacial score (nSPS) is 11.3. The van der Waals surface area contributed by atoms with Gasteiger partial charge in [-0.1, -0.05) is 36.4 Å². The molecule has 4 nitrogen and oxygen atoms in total. The highest BCUT2D eigenvalue weighted by Crippen LogP contribution is 2.25. The molecule has 0 spiro atoms. The Balaban J connectivity index is 1.55. The van der Waals surface area contributed by atoms with E-state index in [1.54, 1.807) is 12.4 Å². The number of hydrogen-bond acceptors (Lipinski definition) is 4. The smallest absolute Gasteiger partial charge is 0.266 e. The lowest BCUT2D eigenvalue weighted by Crippen LogP contribution is -2.16. The third-order valence-corrected chi connectivity index (χ3v) is 4.82. The second-order valence-electron chi connectivity index (χ2n) is 5.26. The molecule has 5 heteroatoms. The molecule has 2 aromatic carbocycles. The van der Waals surface area contributed by atoms with E-state index in [1.807, 2.05) is 60.7 Å². The zero-order chi connectivity index (χ0) is 16.4. The maximum atomic E-state index is 12.2. The van der Waals surface area contributed by atoms with Crippen LogP contribution < -0.4 is 5.43 Å². The van der Waals surface area contributed by atoms with Crippen molar-refractivity contribution in [1.82, 2.24) is 10.4 Å². The first kappa shape index (κ1) is 14.5. The summed E-state index contributed by atoms with van der Waals surface area (Å²) in [7, 11) is 0. The van der Waals surface area contributed by atoms with Crippen molar-refractivity contribution in [3.63, 3.8) is 0 Å². The second kappa shape index (κ2) is 6.22. The average molecular weight is 331 g/mol. The Bertz CT molecular complexity index is 1030. The maximum Gasteiger partial charge on any atom is 0.281 e. The average Bonchev–Trinajstić information content (AvgIpc) is 3.06. The molecule has 0 bridgehead atoms. The van der Waals surface area contributed by atoms with Crippen LogP contribution >= 0.6 is 11.3 Å². The fourth-order valence-corrected chi connectivity index (χ4v) is 3.49. The number of amides is 1. The van der Waals surface area contributed by atoms with E-state index in [4.69, 9.17) is 0 Å². The molecule has 0 aliphatic heterocycles. The predicted molar refractivity (Wildman–Crippen MR) is 98.6 cm³/mol. The summed E-state index contributed by atoms with van der Waals surface area (Å²) in [5.41, 5.74) is 4.41. The summed E-state index contributed by atoms with van der Waals surface area (Å²) in [4.78, 5) is 17.2. The fraction of sp³-hybridized carbons (Fsp3) is 0. The Labute approximate surface area is 142 Å². The summed E-state index contributed by atoms with van der Waals surface area (Å²) in [5.74, 6) is -0.203. The summed E-state index contributed by atoms with van der Waals surface area (Å²) >= 11 is 1.46. The highest BCUT2D eigenvalue weighted by molar-refractivity contribution is 7.20. The SMILES string of the molecule is O=C(N/N=C/c1ccnc2ccccc12)c1cc2ccccc2s1. The molecule has 0 unspecified atom stereocenters. The first-order valence-corrected chi connectivity index (χ1v) is 8.29. The molecule has 0 saturated heterocycles. The number of carbonyl (C=O) groups excluding carboxylic acids is 1. The van der Waals surface area contributed by atoms with Crippen molar-refractivity contribution in [2.75, 3.05) is 0 Å². The molecule has 0 fully saturated rings. The second-order valence-corrected chi connectivity index (χ2v) is 6.35. The molecule has 4 rings (SSSR count). The van der Waals surface area contributed by atoms with Gasteiger partial charge in [-0.25, -0.2) is 5.43 Å². The van der Waals surface area contributed by atoms with Crippen LogP contribution in [0.2, 0.25) is 0 Å². The minimum Gasteiger partial charge on any atom is -0.266 e. The van der Waals surface area contributed by atoms with E-state index in [2.05, 4.69) is 15.5 Å². The van der Waals surface area contributed by atoms with Gasteiger partial charge in [0.2, 0.25) is 0 Å². The third kappa shape index (κ3) is 2.77. The molecule has 4 aromatic rings. The van der Waals surface area contributed by atoms with Gasteiger partial charge in [-0.3, -0.25) is 9.78 Å². The molecule has 0 radical (unpaired) electrons. The van der Waals surface area contributed by atoms with Gasteiger partial charge in [-0.2, -0.15) is 5.10 Å². The van der Waals surface area contributed by atoms with Crippen LogP contribution in [0.25, 0.3) is 21.0 Å². The molecular weight excluding hydrogens is 318 g/mol. The number of para-hydroxylation sites is 1. The summed E-state index contributed by atoms with van der Waals surface area (Å²) in [6, 6.07) is 19.5. The van der Waals surface area contributed by atoms with Crippen LogP contribution in [0.3, 0.4) is 0 Å². The number of benzene rings is 2. The number of aromatic nitrogens is 1. The number of hydrogen-bond donors (Lipinski definition) is 1. The zero-order valence-corrected chi connectivity index (χ0v) is 13.5. The quantitative estimate of drug-likeness (QED) is 0.451. The first-order valence-electron chi connectivity index (χ1n) is 7.47. The van der Waals surface area contributed by atoms with E-state index in [9.17, 15) is 4.79 Å². The number of rotatable bonds is 3. The maximum absolute atomic E-state index is 12.2. The fourth-order valence-electron chi connectivity index (χ4n) is 2.54. The van der Waals surface area contributed by atoms with Crippen LogP contribution in [0.15, 0.2) is 72.0 Å². The van der Waals surface area contributed by atoms with E-state index < -0.39 is 0 Å². The first-order chi connectivity index (χ1) is 11.8. The van der Waals surface area contributed by atoms with E-state index in [0.717, 1.165) is 26.6 Å². The Kier molecular flexibility index (Phi) is 3.76. The Hall–Kier alpha value is -3.05. The number of nitrogens with zero attached hydrogens (tertiary/aromatic N) is 2. The molecular formula is C19H13N3OS. The number of thiophene rings is 1. The van der Waals surface area contributed by atoms with E-state index in [1.165, 1.54) is 11.3 Å². The minimum absolute atomic E-state index is 0.203. The molecule has 0 aliphatic rings. The van der Waals surface area contributed by atoms with Crippen LogP contribution in [-0.4, -0.2) is 17.1 Å². The number of pyridine rings is 1. The molecule has 24 heavy (non-hydrogen) atoms. The van der Waals surface area contributed by atoms with Gasteiger partial charge in [0.1, 0.15) is 0 Å². The molecule has 2 aromatic heterocycles. The highest BCUT2D eigenvalue weighted by Gasteiger charge is 2.08. The predicted octanol–water partition coefficient (Wildman–Crippen LogP) is 4.21. The van der Waals surface area contributed by atoms with Crippen molar-refractivity contribution in [3.8, 4) is 0 Å². The zero-order valence-electron chi connectivity index (χ0n) is 12.6. The van der Waals surface area contributed by atoms with Gasteiger partial charge < -0.3 is 0 Å². The Morgan fingerprint density at radius 3 is 2.83 bits per heavy atom. The number of fused-ring (bicyclic) bond motifs is 2. The molecule has 1 amide bonds. The number of carbonyl (C=O) groups is 1. The molecule has 0 atom stereocenters. The lowest BCUT2D eigenvalue weighted by Gasteiger charge is -2.00. The van der Waals surface area contributed by atoms with E-state index in [-0.39, 0.29) is 5.91 Å². The standard InChI is InChI=1S/C19H13N3OS/c23-19(18-11-13-5-1-4-8-17(13)24-18)22-21-12-14-9-10-20-16-7-3-2-6-15(14)16/h1-12H,(H,22,23)/b21-12+. The Morgan fingerprint density at radius 2 is 1.92 bits per heavy atom. The molecule has 0 aliphatic carbocycles. The lowest BCUT2D eigenvalue weighted by molar-refractivity contribution is 0.0959. The molecule has 0 saturated carbocycles. The van der Waals surface area contributed by atoms with Gasteiger partial charge in [0, 0.05) is 21.8 Å². The van der Waals surface area contributed by atoms with E-state index in [0.29, 0.717) is 4.88 Å². The number of nitrogens with one attached hydrogen (secondary N) is 1. The third-order valence-electron chi connectivity index (χ3n) is 3.70. The van der Waals surface area contributed by atoms with Crippen LogP contribution in [0.4, 0.5) is 0 Å². The van der Waals surface area contributed by atoms with Crippen molar-refractivity contribution in [1.29, 1.82) is 0 Å². The Morgan fingerprint density at radius 1 is 1.08 bits per heavy atom. The molecule has 116 valence electrons. The van der Waals surface area contributed by atoms with Gasteiger partial charge in [0.05, 0.1) is 16.6 Å². The van der Waals surface area contributed by atoms with Crippen LogP contribution in [0.5, 0.6) is 0 Å². The highest BCUT2D eigenvalue weighted by atomic mass is 32.1. The summed E-state index contributed by atoms with van der Waals surface area (Å²) in [6.07, 6.45) is 3.38. The van der Waals surface area contributed by atoms with Crippen molar-refractivity contribution in [2.24, 2.45) is 5.10 Å². The van der Waals surface area contributed by atoms with Crippen LogP contribution in [-0.2, 0) is 0 Å².